The van der Waals surface area contributed by atoms with Crippen LogP contribution in [-0.4, -0.2) is 12.6 Å². The number of esters is 1. The van der Waals surface area contributed by atoms with E-state index in [-0.39, 0.29) is 12.4 Å². The van der Waals surface area contributed by atoms with Crippen molar-refractivity contribution in [3.63, 3.8) is 0 Å². The third kappa shape index (κ3) is 3.89. The summed E-state index contributed by atoms with van der Waals surface area (Å²) in [5.74, 6) is -0.287. The molecule has 5 N–H and O–H groups in total. The lowest BCUT2D eigenvalue weighted by Gasteiger charge is -2.13. The Morgan fingerprint density at radius 1 is 1.19 bits per heavy atom. The molecule has 110 valence electrons. The van der Waals surface area contributed by atoms with Crippen molar-refractivity contribution in [1.82, 2.24) is 0 Å². The molecule has 0 amide bonds. The Morgan fingerprint density at radius 3 is 2.67 bits per heavy atom. The number of carbonyl (C=O) groups excluding carboxylic acids is 1. The van der Waals surface area contributed by atoms with E-state index in [9.17, 15) is 4.79 Å². The van der Waals surface area contributed by atoms with Gasteiger partial charge in [-0.05, 0) is 36.8 Å². The molecule has 0 aliphatic rings. The summed E-state index contributed by atoms with van der Waals surface area (Å²) in [6.45, 7) is 2.14. The number of benzene rings is 2. The number of anilines is 4. The van der Waals surface area contributed by atoms with Crippen molar-refractivity contribution < 1.29 is 9.53 Å². The van der Waals surface area contributed by atoms with Gasteiger partial charge in [0.2, 0.25) is 0 Å². The molecular formula is C16H19N3O2. The van der Waals surface area contributed by atoms with Crippen LogP contribution >= 0.6 is 0 Å². The highest BCUT2D eigenvalue weighted by Crippen LogP contribution is 2.27. The number of nitrogens with two attached hydrogens (primary N) is 2. The Kier molecular flexibility index (Phi) is 4.66. The third-order valence-electron chi connectivity index (χ3n) is 3.00. The number of hydrogen-bond acceptors (Lipinski definition) is 5. The van der Waals surface area contributed by atoms with E-state index in [1.807, 2.05) is 42.5 Å². The van der Waals surface area contributed by atoms with Crippen LogP contribution in [0.1, 0.15) is 12.5 Å². The first-order valence-electron chi connectivity index (χ1n) is 6.75. The standard InChI is InChI=1S/C16H19N3O2/c1-2-21-15(20)9-11-5-3-8-14(16(11)18)19-13-7-4-6-12(17)10-13/h3-8,10,19H,2,9,17-18H2,1H3. The molecule has 0 bridgehead atoms. The van der Waals surface area contributed by atoms with Gasteiger partial charge in [0.05, 0.1) is 24.4 Å². The van der Waals surface area contributed by atoms with Gasteiger partial charge in [-0.3, -0.25) is 4.79 Å². The highest BCUT2D eigenvalue weighted by molar-refractivity contribution is 5.81. The van der Waals surface area contributed by atoms with Crippen molar-refractivity contribution >= 4 is 28.7 Å². The van der Waals surface area contributed by atoms with E-state index in [0.29, 0.717) is 18.0 Å². The fourth-order valence-electron chi connectivity index (χ4n) is 2.02. The van der Waals surface area contributed by atoms with E-state index in [4.69, 9.17) is 16.2 Å². The van der Waals surface area contributed by atoms with Crippen molar-refractivity contribution in [3.05, 3.63) is 48.0 Å². The lowest BCUT2D eigenvalue weighted by atomic mass is 10.1. The van der Waals surface area contributed by atoms with Crippen LogP contribution in [0.25, 0.3) is 0 Å². The molecule has 2 aromatic carbocycles. The Labute approximate surface area is 123 Å². The minimum absolute atomic E-state index is 0.159. The number of hydrogen-bond donors (Lipinski definition) is 3. The van der Waals surface area contributed by atoms with E-state index in [0.717, 1.165) is 16.9 Å². The van der Waals surface area contributed by atoms with Crippen molar-refractivity contribution in [2.24, 2.45) is 0 Å². The van der Waals surface area contributed by atoms with Crippen LogP contribution in [0, 0.1) is 0 Å². The smallest absolute Gasteiger partial charge is 0.310 e. The molecule has 2 rings (SSSR count). The number of nitrogens with one attached hydrogen (secondary N) is 1. The van der Waals surface area contributed by atoms with E-state index in [1.165, 1.54) is 0 Å². The predicted octanol–water partition coefficient (Wildman–Crippen LogP) is 2.70. The molecule has 0 fully saturated rings. The number of para-hydroxylation sites is 1. The molecule has 0 saturated carbocycles. The second-order valence-electron chi connectivity index (χ2n) is 4.61. The number of nitrogen functional groups attached to an aromatic ring is 2. The lowest BCUT2D eigenvalue weighted by molar-refractivity contribution is -0.142. The zero-order valence-electron chi connectivity index (χ0n) is 11.9. The van der Waals surface area contributed by atoms with Crippen molar-refractivity contribution in [1.29, 1.82) is 0 Å². The summed E-state index contributed by atoms with van der Waals surface area (Å²) < 4.78 is 4.94. The summed E-state index contributed by atoms with van der Waals surface area (Å²) in [4.78, 5) is 11.6. The molecular weight excluding hydrogens is 266 g/mol. The van der Waals surface area contributed by atoms with Crippen LogP contribution in [0.4, 0.5) is 22.7 Å². The molecule has 0 heterocycles. The lowest BCUT2D eigenvalue weighted by Crippen LogP contribution is -2.10. The summed E-state index contributed by atoms with van der Waals surface area (Å²) >= 11 is 0. The highest BCUT2D eigenvalue weighted by atomic mass is 16.5. The summed E-state index contributed by atoms with van der Waals surface area (Å²) in [6.07, 6.45) is 0.159. The number of ether oxygens (including phenoxy) is 1. The maximum atomic E-state index is 11.6. The van der Waals surface area contributed by atoms with Crippen LogP contribution in [0.15, 0.2) is 42.5 Å². The minimum Gasteiger partial charge on any atom is -0.466 e. The average Bonchev–Trinajstić information content (AvgIpc) is 2.44. The molecule has 0 aromatic heterocycles. The summed E-state index contributed by atoms with van der Waals surface area (Å²) in [6, 6.07) is 12.9. The van der Waals surface area contributed by atoms with Gasteiger partial charge in [-0.25, -0.2) is 0 Å². The van der Waals surface area contributed by atoms with Gasteiger partial charge in [0.1, 0.15) is 0 Å². The fraction of sp³-hybridized carbons (Fsp3) is 0.188. The molecule has 0 unspecified atom stereocenters. The largest absolute Gasteiger partial charge is 0.466 e. The van der Waals surface area contributed by atoms with E-state index in [2.05, 4.69) is 5.32 Å². The molecule has 0 aliphatic heterocycles. The van der Waals surface area contributed by atoms with Crippen molar-refractivity contribution in [3.8, 4) is 0 Å². The van der Waals surface area contributed by atoms with E-state index < -0.39 is 0 Å². The molecule has 0 radical (unpaired) electrons. The van der Waals surface area contributed by atoms with Gasteiger partial charge in [0, 0.05) is 11.4 Å². The van der Waals surface area contributed by atoms with Crippen LogP contribution in [-0.2, 0) is 16.0 Å². The zero-order valence-corrected chi connectivity index (χ0v) is 11.9. The van der Waals surface area contributed by atoms with Gasteiger partial charge < -0.3 is 21.5 Å². The van der Waals surface area contributed by atoms with Gasteiger partial charge in [0.25, 0.3) is 0 Å². The average molecular weight is 285 g/mol. The summed E-state index contributed by atoms with van der Waals surface area (Å²) in [7, 11) is 0. The highest BCUT2D eigenvalue weighted by Gasteiger charge is 2.10. The molecule has 2 aromatic rings. The quantitative estimate of drug-likeness (QED) is 0.580. The van der Waals surface area contributed by atoms with Crippen LogP contribution in [0.2, 0.25) is 0 Å². The maximum Gasteiger partial charge on any atom is 0.310 e. The van der Waals surface area contributed by atoms with Gasteiger partial charge in [-0.2, -0.15) is 0 Å². The summed E-state index contributed by atoms with van der Waals surface area (Å²) in [5.41, 5.74) is 15.4. The van der Waals surface area contributed by atoms with E-state index in [1.54, 1.807) is 6.92 Å². The number of carbonyl (C=O) groups is 1. The van der Waals surface area contributed by atoms with E-state index >= 15 is 0 Å². The minimum atomic E-state index is -0.287. The first-order valence-corrected chi connectivity index (χ1v) is 6.75. The Balaban J connectivity index is 2.19. The second-order valence-corrected chi connectivity index (χ2v) is 4.61. The Bertz CT molecular complexity index is 641. The second kappa shape index (κ2) is 6.65. The molecule has 21 heavy (non-hydrogen) atoms. The van der Waals surface area contributed by atoms with Crippen LogP contribution < -0.4 is 16.8 Å². The Hall–Kier alpha value is -2.69. The molecule has 5 heteroatoms. The molecule has 5 nitrogen and oxygen atoms in total. The van der Waals surface area contributed by atoms with Gasteiger partial charge in [-0.15, -0.1) is 0 Å². The van der Waals surface area contributed by atoms with Gasteiger partial charge in [0.15, 0.2) is 0 Å². The van der Waals surface area contributed by atoms with Crippen LogP contribution in [0.3, 0.4) is 0 Å². The SMILES string of the molecule is CCOC(=O)Cc1cccc(Nc2cccc(N)c2)c1N. The number of rotatable bonds is 5. The van der Waals surface area contributed by atoms with Gasteiger partial charge in [-0.1, -0.05) is 18.2 Å². The predicted molar refractivity (Wildman–Crippen MR) is 85.3 cm³/mol. The summed E-state index contributed by atoms with van der Waals surface area (Å²) in [5, 5.41) is 3.20. The van der Waals surface area contributed by atoms with Gasteiger partial charge >= 0.3 is 5.97 Å². The third-order valence-corrected chi connectivity index (χ3v) is 3.00. The van der Waals surface area contributed by atoms with Crippen molar-refractivity contribution in [2.75, 3.05) is 23.4 Å². The normalized spacial score (nSPS) is 10.1. The first-order chi connectivity index (χ1) is 10.1. The Morgan fingerprint density at radius 2 is 1.95 bits per heavy atom. The molecule has 0 atom stereocenters. The monoisotopic (exact) mass is 285 g/mol. The maximum absolute atomic E-state index is 11.6. The van der Waals surface area contributed by atoms with Crippen LogP contribution in [0.5, 0.6) is 0 Å². The molecule has 0 aliphatic carbocycles. The topological polar surface area (TPSA) is 90.4 Å². The zero-order chi connectivity index (χ0) is 15.2. The fourth-order valence-corrected chi connectivity index (χ4v) is 2.02. The van der Waals surface area contributed by atoms with Crippen molar-refractivity contribution in [2.45, 2.75) is 13.3 Å². The molecule has 0 saturated heterocycles. The first kappa shape index (κ1) is 14.7. The molecule has 0 spiro atoms.